The van der Waals surface area contributed by atoms with Gasteiger partial charge in [0.1, 0.15) is 0 Å². The molecule has 6 nitrogen and oxygen atoms in total. The molecule has 4 rings (SSSR count). The number of carbonyl (C=O) groups excluding carboxylic acids is 1. The van der Waals surface area contributed by atoms with Gasteiger partial charge < -0.3 is 10.3 Å². The molecule has 2 heterocycles. The molecule has 0 saturated carbocycles. The van der Waals surface area contributed by atoms with Gasteiger partial charge in [0.05, 0.1) is 16.6 Å². The molecule has 0 saturated heterocycles. The number of hydrogen-bond donors (Lipinski definition) is 2. The van der Waals surface area contributed by atoms with Gasteiger partial charge in [-0.2, -0.15) is 0 Å². The summed E-state index contributed by atoms with van der Waals surface area (Å²) in [6.45, 7) is 3.77. The van der Waals surface area contributed by atoms with Crippen molar-refractivity contribution in [1.29, 1.82) is 0 Å². The highest BCUT2D eigenvalue weighted by atomic mass is 32.2. The summed E-state index contributed by atoms with van der Waals surface area (Å²) in [6, 6.07) is 15.9. The second-order valence-electron chi connectivity index (χ2n) is 6.92. The van der Waals surface area contributed by atoms with E-state index in [2.05, 4.69) is 20.3 Å². The fraction of sp³-hybridized carbons (Fsp3) is 0.182. The minimum absolute atomic E-state index is 0.0489. The van der Waals surface area contributed by atoms with Gasteiger partial charge >= 0.3 is 0 Å². The van der Waals surface area contributed by atoms with Gasteiger partial charge in [-0.1, -0.05) is 59.5 Å². The number of anilines is 1. The molecule has 0 unspecified atom stereocenters. The highest BCUT2D eigenvalue weighted by molar-refractivity contribution is 7.98. The van der Waals surface area contributed by atoms with E-state index < -0.39 is 0 Å². The standard InChI is InChI=1S/C22H20N4O2S2/c1-13-8-9-17-18(10-13)30-22(24-17)25-19(27)11-16-14(2)23-21(26-20(16)28)29-12-15-6-4-3-5-7-15/h3-10H,11-12H2,1-2H3,(H,23,26,28)(H,24,25,27). The van der Waals surface area contributed by atoms with Gasteiger partial charge in [0.15, 0.2) is 10.3 Å². The Hall–Kier alpha value is -2.97. The van der Waals surface area contributed by atoms with Crippen molar-refractivity contribution in [3.63, 3.8) is 0 Å². The first-order valence-electron chi connectivity index (χ1n) is 9.41. The summed E-state index contributed by atoms with van der Waals surface area (Å²) in [5.74, 6) is 0.422. The van der Waals surface area contributed by atoms with E-state index in [1.54, 1.807) is 6.92 Å². The molecule has 0 radical (unpaired) electrons. The second-order valence-corrected chi connectivity index (χ2v) is 8.92. The lowest BCUT2D eigenvalue weighted by Crippen LogP contribution is -2.23. The molecular weight excluding hydrogens is 416 g/mol. The van der Waals surface area contributed by atoms with Crippen LogP contribution >= 0.6 is 23.1 Å². The molecule has 0 bridgehead atoms. The zero-order valence-corrected chi connectivity index (χ0v) is 18.2. The van der Waals surface area contributed by atoms with Crippen molar-refractivity contribution in [1.82, 2.24) is 15.0 Å². The molecule has 1 amide bonds. The van der Waals surface area contributed by atoms with Crippen molar-refractivity contribution in [3.8, 4) is 0 Å². The van der Waals surface area contributed by atoms with Gasteiger partial charge in [-0.25, -0.2) is 9.97 Å². The average Bonchev–Trinajstić information content (AvgIpc) is 3.11. The summed E-state index contributed by atoms with van der Waals surface area (Å²) in [5.41, 5.74) is 3.78. The monoisotopic (exact) mass is 436 g/mol. The molecule has 2 aromatic heterocycles. The van der Waals surface area contributed by atoms with Gasteiger partial charge in [-0.05, 0) is 37.1 Å². The second kappa shape index (κ2) is 8.81. The average molecular weight is 437 g/mol. The molecule has 4 aromatic rings. The number of amides is 1. The number of H-pyrrole nitrogens is 1. The van der Waals surface area contributed by atoms with Crippen LogP contribution in [0.15, 0.2) is 58.5 Å². The Labute approximate surface area is 181 Å². The zero-order chi connectivity index (χ0) is 21.1. The molecule has 0 spiro atoms. The van der Waals surface area contributed by atoms with Crippen LogP contribution in [0, 0.1) is 13.8 Å². The number of thiazole rings is 1. The first-order chi connectivity index (χ1) is 14.5. The van der Waals surface area contributed by atoms with Crippen molar-refractivity contribution in [2.75, 3.05) is 5.32 Å². The number of nitrogens with one attached hydrogen (secondary N) is 2. The Kier molecular flexibility index (Phi) is 5.96. The largest absolute Gasteiger partial charge is 0.302 e. The Morgan fingerprint density at radius 1 is 1.13 bits per heavy atom. The van der Waals surface area contributed by atoms with Gasteiger partial charge in [0.2, 0.25) is 5.91 Å². The van der Waals surface area contributed by atoms with Crippen molar-refractivity contribution >= 4 is 44.4 Å². The van der Waals surface area contributed by atoms with E-state index in [0.29, 0.717) is 27.3 Å². The lowest BCUT2D eigenvalue weighted by atomic mass is 10.1. The van der Waals surface area contributed by atoms with E-state index in [1.165, 1.54) is 23.1 Å². The summed E-state index contributed by atoms with van der Waals surface area (Å²) < 4.78 is 1.01. The molecule has 2 aromatic carbocycles. The number of carbonyl (C=O) groups is 1. The van der Waals surface area contributed by atoms with E-state index in [1.807, 2.05) is 55.5 Å². The molecule has 30 heavy (non-hydrogen) atoms. The van der Waals surface area contributed by atoms with E-state index in [9.17, 15) is 9.59 Å². The number of fused-ring (bicyclic) bond motifs is 1. The Morgan fingerprint density at radius 3 is 2.70 bits per heavy atom. The van der Waals surface area contributed by atoms with Crippen LogP contribution in [0.25, 0.3) is 10.2 Å². The molecular formula is C22H20N4O2S2. The number of benzene rings is 2. The molecule has 2 N–H and O–H groups in total. The summed E-state index contributed by atoms with van der Waals surface area (Å²) >= 11 is 2.88. The predicted octanol–water partition coefficient (Wildman–Crippen LogP) is 4.47. The summed E-state index contributed by atoms with van der Waals surface area (Å²) in [7, 11) is 0. The van der Waals surface area contributed by atoms with Crippen LogP contribution in [0.3, 0.4) is 0 Å². The lowest BCUT2D eigenvalue weighted by Gasteiger charge is -2.07. The molecule has 152 valence electrons. The van der Waals surface area contributed by atoms with Crippen LogP contribution in [0.5, 0.6) is 0 Å². The minimum atomic E-state index is -0.286. The first kappa shape index (κ1) is 20.3. The van der Waals surface area contributed by atoms with Gasteiger partial charge in [-0.15, -0.1) is 0 Å². The van der Waals surface area contributed by atoms with Crippen molar-refractivity contribution in [2.24, 2.45) is 0 Å². The summed E-state index contributed by atoms with van der Waals surface area (Å²) in [4.78, 5) is 36.7. The van der Waals surface area contributed by atoms with Gasteiger partial charge in [0, 0.05) is 17.0 Å². The van der Waals surface area contributed by atoms with Crippen LogP contribution in [-0.4, -0.2) is 20.9 Å². The molecule has 0 aliphatic heterocycles. The SMILES string of the molecule is Cc1ccc2nc(NC(=O)Cc3c(C)nc(SCc4ccccc4)[nH]c3=O)sc2c1. The maximum absolute atomic E-state index is 12.5. The van der Waals surface area contributed by atoms with E-state index >= 15 is 0 Å². The van der Waals surface area contributed by atoms with Crippen LogP contribution < -0.4 is 10.9 Å². The Balaban J connectivity index is 1.44. The third-order valence-corrected chi connectivity index (χ3v) is 6.42. The minimum Gasteiger partial charge on any atom is -0.302 e. The van der Waals surface area contributed by atoms with Crippen LogP contribution in [0.1, 0.15) is 22.4 Å². The number of aromatic nitrogens is 3. The normalized spacial score (nSPS) is 11.0. The first-order valence-corrected chi connectivity index (χ1v) is 11.2. The number of rotatable bonds is 6. The maximum Gasteiger partial charge on any atom is 0.255 e. The lowest BCUT2D eigenvalue weighted by molar-refractivity contribution is -0.115. The maximum atomic E-state index is 12.5. The van der Waals surface area contributed by atoms with Crippen LogP contribution in [0.2, 0.25) is 0 Å². The Bertz CT molecular complexity index is 1270. The van der Waals surface area contributed by atoms with E-state index in [0.717, 1.165) is 21.3 Å². The van der Waals surface area contributed by atoms with Crippen molar-refractivity contribution in [2.45, 2.75) is 31.2 Å². The van der Waals surface area contributed by atoms with Gasteiger partial charge in [0.25, 0.3) is 5.56 Å². The third-order valence-electron chi connectivity index (χ3n) is 4.55. The zero-order valence-electron chi connectivity index (χ0n) is 16.6. The summed E-state index contributed by atoms with van der Waals surface area (Å²) in [5, 5.41) is 3.87. The van der Waals surface area contributed by atoms with Crippen molar-refractivity contribution < 1.29 is 4.79 Å². The van der Waals surface area contributed by atoms with Gasteiger partial charge in [-0.3, -0.25) is 9.59 Å². The number of nitrogens with zero attached hydrogens (tertiary/aromatic N) is 2. The van der Waals surface area contributed by atoms with E-state index in [4.69, 9.17) is 0 Å². The van der Waals surface area contributed by atoms with Crippen molar-refractivity contribution in [3.05, 3.63) is 81.3 Å². The number of aryl methyl sites for hydroxylation is 2. The molecule has 0 atom stereocenters. The quantitative estimate of drug-likeness (QED) is 0.344. The third kappa shape index (κ3) is 4.77. The highest BCUT2D eigenvalue weighted by Gasteiger charge is 2.15. The molecule has 0 aliphatic rings. The van der Waals surface area contributed by atoms with E-state index in [-0.39, 0.29) is 17.9 Å². The number of thioether (sulfide) groups is 1. The number of hydrogen-bond acceptors (Lipinski definition) is 6. The van der Waals surface area contributed by atoms with Crippen LogP contribution in [0.4, 0.5) is 5.13 Å². The summed E-state index contributed by atoms with van der Waals surface area (Å²) in [6.07, 6.45) is -0.0489. The topological polar surface area (TPSA) is 87.7 Å². The Morgan fingerprint density at radius 2 is 1.93 bits per heavy atom. The fourth-order valence-corrected chi connectivity index (χ4v) is 4.84. The predicted molar refractivity (Wildman–Crippen MR) is 122 cm³/mol. The molecule has 8 heteroatoms. The highest BCUT2D eigenvalue weighted by Crippen LogP contribution is 2.26. The molecule has 0 aliphatic carbocycles. The smallest absolute Gasteiger partial charge is 0.255 e. The van der Waals surface area contributed by atoms with Crippen LogP contribution in [-0.2, 0) is 17.0 Å². The molecule has 0 fully saturated rings. The number of aromatic amines is 1. The fourth-order valence-electron chi connectivity index (χ4n) is 3.00.